The maximum atomic E-state index is 10.8. The molecule has 0 radical (unpaired) electrons. The lowest BCUT2D eigenvalue weighted by Gasteiger charge is -2.14. The summed E-state index contributed by atoms with van der Waals surface area (Å²) < 4.78 is 5.67. The Morgan fingerprint density at radius 1 is 1.35 bits per heavy atom. The Morgan fingerprint density at radius 3 is 2.85 bits per heavy atom. The Kier molecular flexibility index (Phi) is 4.27. The van der Waals surface area contributed by atoms with E-state index in [0.29, 0.717) is 11.6 Å². The number of hydrogen-bond acceptors (Lipinski definition) is 5. The first kappa shape index (κ1) is 14.0. The molecule has 20 heavy (non-hydrogen) atoms. The van der Waals surface area contributed by atoms with Crippen LogP contribution < -0.4 is 10.1 Å². The van der Waals surface area contributed by atoms with E-state index in [1.165, 1.54) is 12.1 Å². The van der Waals surface area contributed by atoms with E-state index in [1.54, 1.807) is 18.3 Å². The van der Waals surface area contributed by atoms with E-state index in [0.717, 1.165) is 5.56 Å². The van der Waals surface area contributed by atoms with Gasteiger partial charge in [0.1, 0.15) is 5.75 Å². The first-order valence-electron chi connectivity index (χ1n) is 6.16. The van der Waals surface area contributed by atoms with Gasteiger partial charge in [-0.25, -0.2) is 4.98 Å². The average Bonchev–Trinajstić information content (AvgIpc) is 2.47. The number of benzene rings is 1. The molecule has 0 aliphatic rings. The molecule has 1 aromatic heterocycles. The highest BCUT2D eigenvalue weighted by Gasteiger charge is 2.13. The zero-order chi connectivity index (χ0) is 14.5. The van der Waals surface area contributed by atoms with Crippen LogP contribution in [0, 0.1) is 10.1 Å². The Balaban J connectivity index is 2.30. The highest BCUT2D eigenvalue weighted by Crippen LogP contribution is 2.28. The Bertz CT molecular complexity index is 616. The predicted octanol–water partition coefficient (Wildman–Crippen LogP) is 3.06. The topological polar surface area (TPSA) is 77.3 Å². The molecule has 1 aromatic carbocycles. The van der Waals surface area contributed by atoms with Crippen molar-refractivity contribution < 1.29 is 9.66 Å². The monoisotopic (exact) mass is 273 g/mol. The van der Waals surface area contributed by atoms with E-state index in [9.17, 15) is 10.1 Å². The first-order valence-corrected chi connectivity index (χ1v) is 6.16. The summed E-state index contributed by atoms with van der Waals surface area (Å²) in [4.78, 5) is 14.5. The predicted molar refractivity (Wildman–Crippen MR) is 74.9 cm³/mol. The van der Waals surface area contributed by atoms with Crippen LogP contribution in [0.5, 0.6) is 11.6 Å². The highest BCUT2D eigenvalue weighted by molar-refractivity contribution is 5.41. The van der Waals surface area contributed by atoms with Gasteiger partial charge < -0.3 is 10.1 Å². The molecule has 0 amide bonds. The van der Waals surface area contributed by atoms with Crippen LogP contribution in [0.3, 0.4) is 0 Å². The standard InChI is InChI=1S/C14H15N3O3/c1-10(15-2)13-7-4-8-16-14(13)20-12-6-3-5-11(9-12)17(18)19/h3-10,15H,1-2H3. The average molecular weight is 273 g/mol. The third-order valence-electron chi connectivity index (χ3n) is 2.94. The van der Waals surface area contributed by atoms with Crippen LogP contribution in [-0.4, -0.2) is 17.0 Å². The van der Waals surface area contributed by atoms with Crippen LogP contribution in [-0.2, 0) is 0 Å². The number of ether oxygens (including phenoxy) is 1. The number of nitrogens with zero attached hydrogens (tertiary/aromatic N) is 2. The van der Waals surface area contributed by atoms with Gasteiger partial charge in [0.05, 0.1) is 11.0 Å². The largest absolute Gasteiger partial charge is 0.438 e. The van der Waals surface area contributed by atoms with Gasteiger partial charge in [-0.05, 0) is 26.1 Å². The Hall–Kier alpha value is -2.47. The molecule has 0 spiro atoms. The Labute approximate surface area is 116 Å². The van der Waals surface area contributed by atoms with Crippen molar-refractivity contribution in [3.05, 3.63) is 58.3 Å². The summed E-state index contributed by atoms with van der Waals surface area (Å²) in [6, 6.07) is 9.83. The highest BCUT2D eigenvalue weighted by atomic mass is 16.6. The lowest BCUT2D eigenvalue weighted by Crippen LogP contribution is -2.13. The van der Waals surface area contributed by atoms with Gasteiger partial charge in [0.25, 0.3) is 5.69 Å². The van der Waals surface area contributed by atoms with Crippen molar-refractivity contribution in [1.29, 1.82) is 0 Å². The van der Waals surface area contributed by atoms with Gasteiger partial charge in [-0.15, -0.1) is 0 Å². The molecule has 0 saturated heterocycles. The molecule has 1 heterocycles. The van der Waals surface area contributed by atoms with Crippen LogP contribution >= 0.6 is 0 Å². The van der Waals surface area contributed by atoms with Gasteiger partial charge in [-0.1, -0.05) is 12.1 Å². The number of rotatable bonds is 5. The zero-order valence-corrected chi connectivity index (χ0v) is 11.2. The summed E-state index contributed by atoms with van der Waals surface area (Å²) >= 11 is 0. The fraction of sp³-hybridized carbons (Fsp3) is 0.214. The fourth-order valence-electron chi connectivity index (χ4n) is 1.75. The normalized spacial score (nSPS) is 11.9. The molecule has 0 fully saturated rings. The first-order chi connectivity index (χ1) is 9.61. The van der Waals surface area contributed by atoms with E-state index in [2.05, 4.69) is 10.3 Å². The summed E-state index contributed by atoms with van der Waals surface area (Å²) in [5.41, 5.74) is 0.878. The number of nitro groups is 1. The van der Waals surface area contributed by atoms with Gasteiger partial charge >= 0.3 is 0 Å². The van der Waals surface area contributed by atoms with Crippen molar-refractivity contribution in [3.8, 4) is 11.6 Å². The molecule has 1 N–H and O–H groups in total. The van der Waals surface area contributed by atoms with Crippen LogP contribution in [0.15, 0.2) is 42.6 Å². The zero-order valence-electron chi connectivity index (χ0n) is 11.2. The molecular formula is C14H15N3O3. The second kappa shape index (κ2) is 6.12. The maximum Gasteiger partial charge on any atom is 0.273 e. The number of non-ortho nitro benzene ring substituents is 1. The molecule has 0 aliphatic carbocycles. The smallest absolute Gasteiger partial charge is 0.273 e. The van der Waals surface area contributed by atoms with Gasteiger partial charge in [0, 0.05) is 23.9 Å². The van der Waals surface area contributed by atoms with Crippen LogP contribution in [0.4, 0.5) is 5.69 Å². The summed E-state index contributed by atoms with van der Waals surface area (Å²) in [6.45, 7) is 1.98. The summed E-state index contributed by atoms with van der Waals surface area (Å²) in [7, 11) is 1.84. The molecule has 0 saturated carbocycles. The summed E-state index contributed by atoms with van der Waals surface area (Å²) in [6.07, 6.45) is 1.62. The minimum atomic E-state index is -0.456. The molecule has 2 rings (SSSR count). The van der Waals surface area contributed by atoms with Crippen LogP contribution in [0.1, 0.15) is 18.5 Å². The van der Waals surface area contributed by atoms with Crippen molar-refractivity contribution in [2.75, 3.05) is 7.05 Å². The number of aromatic nitrogens is 1. The van der Waals surface area contributed by atoms with Gasteiger partial charge in [-0.3, -0.25) is 10.1 Å². The van der Waals surface area contributed by atoms with E-state index >= 15 is 0 Å². The van der Waals surface area contributed by atoms with Crippen molar-refractivity contribution >= 4 is 5.69 Å². The third-order valence-corrected chi connectivity index (χ3v) is 2.94. The number of pyridine rings is 1. The maximum absolute atomic E-state index is 10.8. The second-order valence-corrected chi connectivity index (χ2v) is 4.26. The van der Waals surface area contributed by atoms with Crippen molar-refractivity contribution in [1.82, 2.24) is 10.3 Å². The molecular weight excluding hydrogens is 258 g/mol. The molecule has 0 aliphatic heterocycles. The number of hydrogen-bond donors (Lipinski definition) is 1. The Morgan fingerprint density at radius 2 is 2.15 bits per heavy atom. The minimum absolute atomic E-state index is 0.0124. The summed E-state index contributed by atoms with van der Waals surface area (Å²) in [5.74, 6) is 0.831. The van der Waals surface area contributed by atoms with Crippen LogP contribution in [0.25, 0.3) is 0 Å². The van der Waals surface area contributed by atoms with Gasteiger partial charge in [0.2, 0.25) is 5.88 Å². The lowest BCUT2D eigenvalue weighted by molar-refractivity contribution is -0.384. The fourth-order valence-corrected chi connectivity index (χ4v) is 1.75. The molecule has 6 heteroatoms. The molecule has 104 valence electrons. The molecule has 0 bridgehead atoms. The molecule has 2 aromatic rings. The minimum Gasteiger partial charge on any atom is -0.438 e. The quantitative estimate of drug-likeness (QED) is 0.669. The number of nitrogens with one attached hydrogen (secondary N) is 1. The molecule has 6 nitrogen and oxygen atoms in total. The van der Waals surface area contributed by atoms with E-state index in [-0.39, 0.29) is 11.7 Å². The van der Waals surface area contributed by atoms with E-state index < -0.39 is 4.92 Å². The second-order valence-electron chi connectivity index (χ2n) is 4.26. The van der Waals surface area contributed by atoms with Crippen molar-refractivity contribution in [2.45, 2.75) is 13.0 Å². The molecule has 1 atom stereocenters. The van der Waals surface area contributed by atoms with E-state index in [1.807, 2.05) is 26.1 Å². The molecule has 1 unspecified atom stereocenters. The summed E-state index contributed by atoms with van der Waals surface area (Å²) in [5, 5.41) is 13.9. The van der Waals surface area contributed by atoms with Crippen molar-refractivity contribution in [3.63, 3.8) is 0 Å². The van der Waals surface area contributed by atoms with Crippen molar-refractivity contribution in [2.24, 2.45) is 0 Å². The van der Waals surface area contributed by atoms with Gasteiger partial charge in [-0.2, -0.15) is 0 Å². The lowest BCUT2D eigenvalue weighted by atomic mass is 10.1. The number of nitro benzene ring substituents is 1. The van der Waals surface area contributed by atoms with Crippen LogP contribution in [0.2, 0.25) is 0 Å². The van der Waals surface area contributed by atoms with E-state index in [4.69, 9.17) is 4.74 Å². The van der Waals surface area contributed by atoms with Gasteiger partial charge in [0.15, 0.2) is 0 Å². The SMILES string of the molecule is CNC(C)c1cccnc1Oc1cccc([N+](=O)[O-])c1. The third kappa shape index (κ3) is 3.10.